The van der Waals surface area contributed by atoms with Crippen molar-refractivity contribution in [2.75, 3.05) is 6.61 Å². The molecule has 1 aliphatic rings. The van der Waals surface area contributed by atoms with Crippen molar-refractivity contribution in [2.24, 2.45) is 5.92 Å². The van der Waals surface area contributed by atoms with Gasteiger partial charge in [0, 0.05) is 5.02 Å². The fourth-order valence-electron chi connectivity index (χ4n) is 1.59. The van der Waals surface area contributed by atoms with Crippen LogP contribution in [0, 0.1) is 5.92 Å². The molecule has 1 N–H and O–H groups in total. The normalized spacial score (nSPS) is 19.2. The van der Waals surface area contributed by atoms with Crippen LogP contribution >= 0.6 is 23.2 Å². The van der Waals surface area contributed by atoms with Gasteiger partial charge in [0.25, 0.3) is 0 Å². The highest BCUT2D eigenvalue weighted by Gasteiger charge is 2.27. The van der Waals surface area contributed by atoms with Crippen molar-refractivity contribution < 1.29 is 14.6 Å². The number of carbonyl (C=O) groups is 1. The third-order valence-electron chi connectivity index (χ3n) is 2.33. The summed E-state index contributed by atoms with van der Waals surface area (Å²) < 4.78 is 5.31. The van der Waals surface area contributed by atoms with Gasteiger partial charge in [-0.2, -0.15) is 0 Å². The highest BCUT2D eigenvalue weighted by molar-refractivity contribution is 6.35. The SMILES string of the molecule is O=C(O)[C@@H]1COc2c(Cl)cc(Cl)cc2C1. The molecule has 80 valence electrons. The average molecular weight is 247 g/mol. The van der Waals surface area contributed by atoms with Crippen LogP contribution in [0.15, 0.2) is 12.1 Å². The highest BCUT2D eigenvalue weighted by atomic mass is 35.5. The van der Waals surface area contributed by atoms with Gasteiger partial charge in [-0.1, -0.05) is 23.2 Å². The van der Waals surface area contributed by atoms with Crippen LogP contribution in [-0.4, -0.2) is 17.7 Å². The van der Waals surface area contributed by atoms with Gasteiger partial charge in [-0.3, -0.25) is 4.79 Å². The van der Waals surface area contributed by atoms with Gasteiger partial charge >= 0.3 is 5.97 Å². The predicted octanol–water partition coefficient (Wildman–Crippen LogP) is 2.63. The first-order chi connectivity index (χ1) is 7.08. The van der Waals surface area contributed by atoms with Gasteiger partial charge in [-0.25, -0.2) is 0 Å². The van der Waals surface area contributed by atoms with Crippen LogP contribution in [0.2, 0.25) is 10.0 Å². The minimum atomic E-state index is -0.864. The van der Waals surface area contributed by atoms with Crippen LogP contribution in [0.5, 0.6) is 5.75 Å². The van der Waals surface area contributed by atoms with E-state index in [2.05, 4.69) is 0 Å². The summed E-state index contributed by atoms with van der Waals surface area (Å²) in [7, 11) is 0. The lowest BCUT2D eigenvalue weighted by atomic mass is 9.97. The predicted molar refractivity (Wildman–Crippen MR) is 56.8 cm³/mol. The smallest absolute Gasteiger partial charge is 0.310 e. The second-order valence-corrected chi connectivity index (χ2v) is 4.27. The molecule has 1 aromatic rings. The number of hydrogen-bond acceptors (Lipinski definition) is 2. The number of fused-ring (bicyclic) bond motifs is 1. The van der Waals surface area contributed by atoms with Gasteiger partial charge in [0.2, 0.25) is 0 Å². The first-order valence-corrected chi connectivity index (χ1v) is 5.17. The van der Waals surface area contributed by atoms with Crippen LogP contribution in [0.4, 0.5) is 0 Å². The average Bonchev–Trinajstić information content (AvgIpc) is 2.16. The molecule has 15 heavy (non-hydrogen) atoms. The standard InChI is InChI=1S/C10H8Cl2O3/c11-7-2-5-1-6(10(13)14)4-15-9(5)8(12)3-7/h2-3,6H,1,4H2,(H,13,14)/t6-/m0/s1. The molecule has 0 aromatic heterocycles. The van der Waals surface area contributed by atoms with E-state index in [1.165, 1.54) is 0 Å². The van der Waals surface area contributed by atoms with Gasteiger partial charge in [-0.05, 0) is 24.1 Å². The number of rotatable bonds is 1. The lowest BCUT2D eigenvalue weighted by molar-refractivity contribution is -0.143. The molecule has 0 unspecified atom stereocenters. The van der Waals surface area contributed by atoms with E-state index in [9.17, 15) is 4.79 Å². The maximum atomic E-state index is 10.8. The van der Waals surface area contributed by atoms with Gasteiger partial charge < -0.3 is 9.84 Å². The zero-order chi connectivity index (χ0) is 11.0. The monoisotopic (exact) mass is 246 g/mol. The van der Waals surface area contributed by atoms with Crippen LogP contribution in [0.3, 0.4) is 0 Å². The van der Waals surface area contributed by atoms with Crippen molar-refractivity contribution in [3.63, 3.8) is 0 Å². The number of aliphatic carboxylic acids is 1. The van der Waals surface area contributed by atoms with Crippen molar-refractivity contribution in [1.29, 1.82) is 0 Å². The van der Waals surface area contributed by atoms with Crippen LogP contribution in [-0.2, 0) is 11.2 Å². The van der Waals surface area contributed by atoms with Gasteiger partial charge in [0.1, 0.15) is 12.4 Å². The van der Waals surface area contributed by atoms with Gasteiger partial charge in [0.05, 0.1) is 10.9 Å². The summed E-state index contributed by atoms with van der Waals surface area (Å²) >= 11 is 11.7. The maximum absolute atomic E-state index is 10.8. The molecule has 0 bridgehead atoms. The summed E-state index contributed by atoms with van der Waals surface area (Å²) in [6.07, 6.45) is 0.408. The number of halogens is 2. The Labute approximate surface area is 96.6 Å². The van der Waals surface area contributed by atoms with Crippen LogP contribution in [0.25, 0.3) is 0 Å². The number of carboxylic acids is 1. The molecule has 1 aliphatic heterocycles. The van der Waals surface area contributed by atoms with Gasteiger partial charge in [-0.15, -0.1) is 0 Å². The van der Waals surface area contributed by atoms with E-state index >= 15 is 0 Å². The van der Waals surface area contributed by atoms with E-state index in [-0.39, 0.29) is 6.61 Å². The fourth-order valence-corrected chi connectivity index (χ4v) is 2.18. The molecule has 0 saturated heterocycles. The summed E-state index contributed by atoms with van der Waals surface area (Å²) in [5.41, 5.74) is 0.756. The molecule has 0 fully saturated rings. The quantitative estimate of drug-likeness (QED) is 0.829. The molecular formula is C10H8Cl2O3. The third kappa shape index (κ3) is 2.03. The van der Waals surface area contributed by atoms with E-state index < -0.39 is 11.9 Å². The second kappa shape index (κ2) is 3.91. The zero-order valence-electron chi connectivity index (χ0n) is 7.67. The van der Waals surface area contributed by atoms with Crippen molar-refractivity contribution in [3.8, 4) is 5.75 Å². The Balaban J connectivity index is 2.37. The summed E-state index contributed by atoms with van der Waals surface area (Å²) in [5.74, 6) is -0.831. The van der Waals surface area contributed by atoms with Crippen LogP contribution in [0.1, 0.15) is 5.56 Å². The minimum Gasteiger partial charge on any atom is -0.491 e. The molecule has 2 rings (SSSR count). The van der Waals surface area contributed by atoms with E-state index in [1.807, 2.05) is 0 Å². The van der Waals surface area contributed by atoms with Crippen molar-refractivity contribution in [1.82, 2.24) is 0 Å². The maximum Gasteiger partial charge on any atom is 0.310 e. The summed E-state index contributed by atoms with van der Waals surface area (Å²) in [4.78, 5) is 10.8. The number of ether oxygens (including phenoxy) is 1. The molecule has 1 heterocycles. The number of hydrogen-bond donors (Lipinski definition) is 1. The molecule has 0 radical (unpaired) electrons. The molecule has 1 atom stereocenters. The highest BCUT2D eigenvalue weighted by Crippen LogP contribution is 2.36. The van der Waals surface area contributed by atoms with Crippen molar-refractivity contribution in [3.05, 3.63) is 27.7 Å². The summed E-state index contributed by atoms with van der Waals surface area (Å²) in [6, 6.07) is 3.28. The Morgan fingerprint density at radius 1 is 1.47 bits per heavy atom. The Bertz CT molecular complexity index is 417. The van der Waals surface area contributed by atoms with E-state index in [4.69, 9.17) is 33.0 Å². The Hall–Kier alpha value is -0.930. The lowest BCUT2D eigenvalue weighted by Crippen LogP contribution is -2.27. The van der Waals surface area contributed by atoms with E-state index in [0.29, 0.717) is 22.2 Å². The summed E-state index contributed by atoms with van der Waals surface area (Å²) in [6.45, 7) is 0.156. The van der Waals surface area contributed by atoms with Crippen LogP contribution < -0.4 is 4.74 Å². The second-order valence-electron chi connectivity index (χ2n) is 3.43. The van der Waals surface area contributed by atoms with Gasteiger partial charge in [0.15, 0.2) is 0 Å². The summed E-state index contributed by atoms with van der Waals surface area (Å²) in [5, 5.41) is 9.78. The molecule has 3 nitrogen and oxygen atoms in total. The molecule has 5 heteroatoms. The molecule has 0 aliphatic carbocycles. The first kappa shape index (κ1) is 10.6. The van der Waals surface area contributed by atoms with E-state index in [1.54, 1.807) is 12.1 Å². The molecule has 0 amide bonds. The Morgan fingerprint density at radius 2 is 2.20 bits per heavy atom. The first-order valence-electron chi connectivity index (χ1n) is 4.41. The largest absolute Gasteiger partial charge is 0.491 e. The third-order valence-corrected chi connectivity index (χ3v) is 2.83. The Kier molecular flexibility index (Phi) is 2.76. The minimum absolute atomic E-state index is 0.156. The molecule has 1 aromatic carbocycles. The lowest BCUT2D eigenvalue weighted by Gasteiger charge is -2.23. The van der Waals surface area contributed by atoms with E-state index in [0.717, 1.165) is 5.56 Å². The topological polar surface area (TPSA) is 46.5 Å². The Morgan fingerprint density at radius 3 is 2.87 bits per heavy atom. The number of benzene rings is 1. The number of carboxylic acid groups (broad SMARTS) is 1. The van der Waals surface area contributed by atoms with Crippen molar-refractivity contribution >= 4 is 29.2 Å². The zero-order valence-corrected chi connectivity index (χ0v) is 9.18. The molecule has 0 saturated carbocycles. The fraction of sp³-hybridized carbons (Fsp3) is 0.300. The van der Waals surface area contributed by atoms with Crippen molar-refractivity contribution in [2.45, 2.75) is 6.42 Å². The molecule has 0 spiro atoms. The molecular weight excluding hydrogens is 239 g/mol.